The second-order valence-electron chi connectivity index (χ2n) is 7.73. The number of nitrogens with zero attached hydrogens (tertiary/aromatic N) is 2. The molecular weight excluding hydrogens is 436 g/mol. The summed E-state index contributed by atoms with van der Waals surface area (Å²) in [4.78, 5) is 30.9. The standard InChI is InChI=1S/C26H20N2O2S2/c1-17(19-12-6-3-7-13-19)28-25(30)23(32-26(28)31)22-20-14-8-9-15-21(20)27(24(22)29)16-18-10-4-2-5-11-18/h2-15,17H,16H2,1H3. The summed E-state index contributed by atoms with van der Waals surface area (Å²) in [6.07, 6.45) is 0. The Kier molecular flexibility index (Phi) is 5.41. The molecule has 0 saturated carbocycles. The molecule has 0 spiro atoms. The highest BCUT2D eigenvalue weighted by molar-refractivity contribution is 8.26. The smallest absolute Gasteiger partial charge is 0.267 e. The molecule has 4 nitrogen and oxygen atoms in total. The van der Waals surface area contributed by atoms with Crippen LogP contribution < -0.4 is 4.90 Å². The molecule has 1 unspecified atom stereocenters. The van der Waals surface area contributed by atoms with Gasteiger partial charge in [0.25, 0.3) is 11.8 Å². The number of benzene rings is 3. The van der Waals surface area contributed by atoms with Gasteiger partial charge in [0.15, 0.2) is 0 Å². The molecule has 2 aliphatic rings. The van der Waals surface area contributed by atoms with Gasteiger partial charge < -0.3 is 4.90 Å². The lowest BCUT2D eigenvalue weighted by Crippen LogP contribution is -2.31. The number of para-hydroxylation sites is 1. The van der Waals surface area contributed by atoms with Crippen molar-refractivity contribution < 1.29 is 9.59 Å². The van der Waals surface area contributed by atoms with E-state index in [9.17, 15) is 9.59 Å². The molecule has 1 saturated heterocycles. The molecule has 0 radical (unpaired) electrons. The molecule has 3 aromatic rings. The van der Waals surface area contributed by atoms with Crippen molar-refractivity contribution in [2.45, 2.75) is 19.5 Å². The number of rotatable bonds is 4. The zero-order valence-electron chi connectivity index (χ0n) is 17.4. The maximum atomic E-state index is 13.6. The largest absolute Gasteiger partial charge is 0.303 e. The average Bonchev–Trinajstić information content (AvgIpc) is 3.26. The van der Waals surface area contributed by atoms with Gasteiger partial charge in [-0.2, -0.15) is 0 Å². The number of thioether (sulfide) groups is 1. The van der Waals surface area contributed by atoms with E-state index in [-0.39, 0.29) is 17.9 Å². The van der Waals surface area contributed by atoms with E-state index in [1.54, 1.807) is 9.80 Å². The second kappa shape index (κ2) is 8.37. The van der Waals surface area contributed by atoms with Gasteiger partial charge in [0.05, 0.1) is 28.8 Å². The number of carbonyl (C=O) groups is 2. The number of hydrogen-bond donors (Lipinski definition) is 0. The number of carbonyl (C=O) groups excluding carboxylic acids is 2. The minimum absolute atomic E-state index is 0.164. The lowest BCUT2D eigenvalue weighted by molar-refractivity contribution is -0.123. The molecule has 2 amide bonds. The number of amides is 2. The van der Waals surface area contributed by atoms with Crippen LogP contribution in [-0.4, -0.2) is 21.0 Å². The van der Waals surface area contributed by atoms with Gasteiger partial charge in [-0.3, -0.25) is 14.5 Å². The van der Waals surface area contributed by atoms with Crippen molar-refractivity contribution in [3.05, 3.63) is 107 Å². The van der Waals surface area contributed by atoms with E-state index in [1.165, 1.54) is 11.8 Å². The molecule has 2 aliphatic heterocycles. The molecule has 0 N–H and O–H groups in total. The molecule has 0 aliphatic carbocycles. The fourth-order valence-electron chi connectivity index (χ4n) is 4.17. The van der Waals surface area contributed by atoms with Crippen LogP contribution in [0.4, 0.5) is 5.69 Å². The fraction of sp³-hybridized carbons (Fsp3) is 0.115. The van der Waals surface area contributed by atoms with Crippen molar-refractivity contribution in [3.8, 4) is 0 Å². The molecule has 2 heterocycles. The summed E-state index contributed by atoms with van der Waals surface area (Å²) >= 11 is 6.80. The van der Waals surface area contributed by atoms with Crippen molar-refractivity contribution in [3.63, 3.8) is 0 Å². The van der Waals surface area contributed by atoms with E-state index in [0.29, 0.717) is 21.3 Å². The van der Waals surface area contributed by atoms with Crippen molar-refractivity contribution >= 4 is 51.4 Å². The van der Waals surface area contributed by atoms with Crippen LogP contribution in [0.5, 0.6) is 0 Å². The summed E-state index contributed by atoms with van der Waals surface area (Å²) in [5, 5.41) is 0. The topological polar surface area (TPSA) is 40.6 Å². The van der Waals surface area contributed by atoms with E-state index < -0.39 is 0 Å². The van der Waals surface area contributed by atoms with Crippen LogP contribution in [0, 0.1) is 0 Å². The maximum absolute atomic E-state index is 13.6. The summed E-state index contributed by atoms with van der Waals surface area (Å²) in [6, 6.07) is 27.1. The first kappa shape index (κ1) is 20.7. The monoisotopic (exact) mass is 456 g/mol. The molecule has 0 aromatic heterocycles. The van der Waals surface area contributed by atoms with Gasteiger partial charge in [0.1, 0.15) is 4.32 Å². The zero-order chi connectivity index (χ0) is 22.2. The van der Waals surface area contributed by atoms with Crippen LogP contribution in [0.2, 0.25) is 0 Å². The minimum atomic E-state index is -0.214. The Bertz CT molecular complexity index is 1260. The Labute approximate surface area is 196 Å². The third-order valence-corrected chi connectivity index (χ3v) is 7.20. The molecule has 0 bridgehead atoms. The van der Waals surface area contributed by atoms with E-state index in [0.717, 1.165) is 22.4 Å². The number of anilines is 1. The van der Waals surface area contributed by atoms with Gasteiger partial charge >= 0.3 is 0 Å². The van der Waals surface area contributed by atoms with Gasteiger partial charge in [0.2, 0.25) is 0 Å². The third-order valence-electron chi connectivity index (χ3n) is 5.80. The fourth-order valence-corrected chi connectivity index (χ4v) is 5.66. The van der Waals surface area contributed by atoms with Crippen LogP contribution in [0.1, 0.15) is 29.7 Å². The average molecular weight is 457 g/mol. The highest BCUT2D eigenvalue weighted by Gasteiger charge is 2.43. The number of hydrogen-bond acceptors (Lipinski definition) is 4. The first-order valence-corrected chi connectivity index (χ1v) is 11.6. The molecule has 3 aromatic carbocycles. The van der Waals surface area contributed by atoms with Crippen LogP contribution in [0.25, 0.3) is 5.57 Å². The molecule has 158 valence electrons. The maximum Gasteiger partial charge on any atom is 0.267 e. The summed E-state index contributed by atoms with van der Waals surface area (Å²) < 4.78 is 0.473. The predicted molar refractivity (Wildman–Crippen MR) is 133 cm³/mol. The van der Waals surface area contributed by atoms with Crippen molar-refractivity contribution in [2.24, 2.45) is 0 Å². The van der Waals surface area contributed by atoms with Gasteiger partial charge in [-0.05, 0) is 24.1 Å². The van der Waals surface area contributed by atoms with Crippen molar-refractivity contribution in [1.29, 1.82) is 0 Å². The molecule has 1 atom stereocenters. The predicted octanol–water partition coefficient (Wildman–Crippen LogP) is 5.57. The zero-order valence-corrected chi connectivity index (χ0v) is 19.0. The van der Waals surface area contributed by atoms with Crippen molar-refractivity contribution in [1.82, 2.24) is 4.90 Å². The lowest BCUT2D eigenvalue weighted by Gasteiger charge is -2.23. The van der Waals surface area contributed by atoms with Crippen LogP contribution in [0.15, 0.2) is 89.8 Å². The lowest BCUT2D eigenvalue weighted by atomic mass is 10.1. The second-order valence-corrected chi connectivity index (χ2v) is 9.37. The van der Waals surface area contributed by atoms with E-state index in [1.807, 2.05) is 91.9 Å². The first-order valence-electron chi connectivity index (χ1n) is 10.4. The van der Waals surface area contributed by atoms with Crippen molar-refractivity contribution in [2.75, 3.05) is 4.90 Å². The summed E-state index contributed by atoms with van der Waals surface area (Å²) in [5.41, 5.74) is 4.07. The Morgan fingerprint density at radius 2 is 1.47 bits per heavy atom. The van der Waals surface area contributed by atoms with Gasteiger partial charge in [-0.25, -0.2) is 0 Å². The minimum Gasteiger partial charge on any atom is -0.303 e. The molecule has 1 fully saturated rings. The molecular formula is C26H20N2O2S2. The van der Waals surface area contributed by atoms with E-state index in [2.05, 4.69) is 0 Å². The number of fused-ring (bicyclic) bond motifs is 1. The van der Waals surface area contributed by atoms with Crippen LogP contribution in [0.3, 0.4) is 0 Å². The number of thiocarbonyl (C=S) groups is 1. The highest BCUT2D eigenvalue weighted by atomic mass is 32.2. The Morgan fingerprint density at radius 1 is 0.844 bits per heavy atom. The SMILES string of the molecule is CC(c1ccccc1)N1C(=O)C(=C2C(=O)N(Cc3ccccc3)c3ccccc32)SC1=S. The Morgan fingerprint density at radius 3 is 2.19 bits per heavy atom. The molecule has 5 rings (SSSR count). The van der Waals surface area contributed by atoms with Gasteiger partial charge in [-0.1, -0.05) is 103 Å². The highest BCUT2D eigenvalue weighted by Crippen LogP contribution is 2.46. The summed E-state index contributed by atoms with van der Waals surface area (Å²) in [5.74, 6) is -0.376. The first-order chi connectivity index (χ1) is 15.6. The quantitative estimate of drug-likeness (QED) is 0.380. The Balaban J connectivity index is 1.55. The summed E-state index contributed by atoms with van der Waals surface area (Å²) in [7, 11) is 0. The van der Waals surface area contributed by atoms with E-state index in [4.69, 9.17) is 12.2 Å². The van der Waals surface area contributed by atoms with Crippen LogP contribution in [-0.2, 0) is 16.1 Å². The summed E-state index contributed by atoms with van der Waals surface area (Å²) in [6.45, 7) is 2.40. The molecule has 6 heteroatoms. The molecule has 32 heavy (non-hydrogen) atoms. The normalized spacial score (nSPS) is 19.0. The van der Waals surface area contributed by atoms with Crippen LogP contribution >= 0.6 is 24.0 Å². The third kappa shape index (κ3) is 3.45. The van der Waals surface area contributed by atoms with Gasteiger partial charge in [-0.15, -0.1) is 0 Å². The van der Waals surface area contributed by atoms with E-state index >= 15 is 0 Å². The van der Waals surface area contributed by atoms with Gasteiger partial charge in [0, 0.05) is 5.56 Å². The Hall–Kier alpha value is -3.22.